The summed E-state index contributed by atoms with van der Waals surface area (Å²) in [6.07, 6.45) is 7.98. The third-order valence-electron chi connectivity index (χ3n) is 5.71. The topological polar surface area (TPSA) is 126 Å². The van der Waals surface area contributed by atoms with E-state index in [1.807, 2.05) is 0 Å². The molecule has 0 atom stereocenters. The molecular formula is C23H22FN7O2S. The predicted molar refractivity (Wildman–Crippen MR) is 128 cm³/mol. The van der Waals surface area contributed by atoms with Gasteiger partial charge in [0.2, 0.25) is 5.95 Å². The first-order valence-corrected chi connectivity index (χ1v) is 12.4. The maximum atomic E-state index is 13.8. The molecule has 4 aromatic rings. The number of halogens is 1. The van der Waals surface area contributed by atoms with E-state index < -0.39 is 15.7 Å². The van der Waals surface area contributed by atoms with Crippen molar-refractivity contribution in [3.8, 4) is 0 Å². The van der Waals surface area contributed by atoms with E-state index >= 15 is 0 Å². The van der Waals surface area contributed by atoms with Gasteiger partial charge in [0, 0.05) is 35.3 Å². The number of benzene rings is 2. The van der Waals surface area contributed by atoms with Gasteiger partial charge in [0.05, 0.1) is 10.1 Å². The first-order valence-electron chi connectivity index (χ1n) is 10.8. The second-order valence-electron chi connectivity index (χ2n) is 8.00. The van der Waals surface area contributed by atoms with Crippen LogP contribution in [0.3, 0.4) is 0 Å². The number of H-pyrrole nitrogens is 1. The van der Waals surface area contributed by atoms with E-state index in [0.717, 1.165) is 18.7 Å². The number of hydrogen-bond donors (Lipinski definition) is 3. The Labute approximate surface area is 195 Å². The largest absolute Gasteiger partial charge is 0.324 e. The number of anilines is 2. The van der Waals surface area contributed by atoms with E-state index in [1.54, 1.807) is 48.8 Å². The van der Waals surface area contributed by atoms with E-state index in [0.29, 0.717) is 46.0 Å². The van der Waals surface area contributed by atoms with Crippen LogP contribution in [0.2, 0.25) is 0 Å². The third kappa shape index (κ3) is 4.66. The van der Waals surface area contributed by atoms with Crippen LogP contribution in [0.4, 0.5) is 16.0 Å². The Morgan fingerprint density at radius 3 is 2.47 bits per heavy atom. The molecule has 1 aliphatic rings. The van der Waals surface area contributed by atoms with E-state index in [4.69, 9.17) is 0 Å². The van der Waals surface area contributed by atoms with Crippen LogP contribution in [0.15, 0.2) is 53.7 Å². The van der Waals surface area contributed by atoms with Crippen LogP contribution in [0.25, 0.3) is 23.2 Å². The molecule has 0 amide bonds. The lowest BCUT2D eigenvalue weighted by atomic mass is 10.1. The predicted octanol–water partition coefficient (Wildman–Crippen LogP) is 3.33. The van der Waals surface area contributed by atoms with Gasteiger partial charge in [-0.3, -0.25) is 0 Å². The number of sulfone groups is 1. The summed E-state index contributed by atoms with van der Waals surface area (Å²) in [5.74, 6) is -0.0258. The highest BCUT2D eigenvalue weighted by atomic mass is 32.2. The Kier molecular flexibility index (Phi) is 6.03. The van der Waals surface area contributed by atoms with Crippen LogP contribution in [-0.2, 0) is 9.84 Å². The van der Waals surface area contributed by atoms with Gasteiger partial charge in [0.1, 0.15) is 16.9 Å². The monoisotopic (exact) mass is 479 g/mol. The van der Waals surface area contributed by atoms with Gasteiger partial charge in [0.15, 0.2) is 9.84 Å². The number of rotatable bonds is 6. The Hall–Kier alpha value is -3.70. The van der Waals surface area contributed by atoms with Crippen molar-refractivity contribution in [3.63, 3.8) is 0 Å². The molecule has 11 heteroatoms. The summed E-state index contributed by atoms with van der Waals surface area (Å²) in [5.41, 5.74) is 3.01. The molecule has 1 fully saturated rings. The molecule has 9 nitrogen and oxygen atoms in total. The molecule has 5 rings (SSSR count). The summed E-state index contributed by atoms with van der Waals surface area (Å²) >= 11 is 0. The van der Waals surface area contributed by atoms with Crippen LogP contribution in [-0.4, -0.2) is 52.1 Å². The summed E-state index contributed by atoms with van der Waals surface area (Å²) in [7, 11) is -3.34. The minimum absolute atomic E-state index is 0.324. The molecule has 1 aliphatic heterocycles. The van der Waals surface area contributed by atoms with Crippen molar-refractivity contribution in [1.82, 2.24) is 30.7 Å². The van der Waals surface area contributed by atoms with Crippen molar-refractivity contribution in [3.05, 3.63) is 65.7 Å². The standard InChI is InChI=1S/C23H22FN7O2S/c24-17-11-16(22-21(12-17)29-31-30-22)2-1-15-13-26-23(27-14-15)28-18-3-5-19(6-4-18)34(32,33)20-7-9-25-10-8-20/h1-6,11-14,20,25H,7-10H2,(H,26,27,28)(H,29,30,31)/b2-1+. The molecule has 0 saturated carbocycles. The second kappa shape index (κ2) is 9.27. The Morgan fingerprint density at radius 2 is 1.74 bits per heavy atom. The van der Waals surface area contributed by atoms with Crippen LogP contribution < -0.4 is 10.6 Å². The first-order chi connectivity index (χ1) is 16.5. The molecular weight excluding hydrogens is 457 g/mol. The molecule has 0 bridgehead atoms. The van der Waals surface area contributed by atoms with Crippen molar-refractivity contribution in [2.75, 3.05) is 18.4 Å². The van der Waals surface area contributed by atoms with Crippen molar-refractivity contribution in [2.45, 2.75) is 23.0 Å². The quantitative estimate of drug-likeness (QED) is 0.385. The number of fused-ring (bicyclic) bond motifs is 1. The van der Waals surface area contributed by atoms with Gasteiger partial charge >= 0.3 is 0 Å². The molecule has 0 spiro atoms. The normalized spacial score (nSPS) is 15.2. The highest BCUT2D eigenvalue weighted by Crippen LogP contribution is 2.24. The summed E-state index contributed by atoms with van der Waals surface area (Å²) in [4.78, 5) is 8.91. The van der Waals surface area contributed by atoms with E-state index in [9.17, 15) is 12.8 Å². The number of piperidine rings is 1. The van der Waals surface area contributed by atoms with E-state index in [1.165, 1.54) is 12.1 Å². The van der Waals surface area contributed by atoms with Crippen LogP contribution in [0.5, 0.6) is 0 Å². The molecule has 3 heterocycles. The van der Waals surface area contributed by atoms with Gasteiger partial charge in [0.25, 0.3) is 0 Å². The number of nitrogens with one attached hydrogen (secondary N) is 3. The Morgan fingerprint density at radius 1 is 1.00 bits per heavy atom. The SMILES string of the molecule is O=S(=O)(c1ccc(Nc2ncc(/C=C/c3cc(F)cc4n[nH]nc34)cn2)cc1)C1CCNCC1. The molecule has 34 heavy (non-hydrogen) atoms. The zero-order chi connectivity index (χ0) is 23.5. The summed E-state index contributed by atoms with van der Waals surface area (Å²) in [6, 6.07) is 9.33. The fourth-order valence-electron chi connectivity index (χ4n) is 3.90. The van der Waals surface area contributed by atoms with Crippen molar-refractivity contribution in [2.24, 2.45) is 0 Å². The highest BCUT2D eigenvalue weighted by Gasteiger charge is 2.28. The van der Waals surface area contributed by atoms with E-state index in [-0.39, 0.29) is 5.25 Å². The number of aromatic amines is 1. The second-order valence-corrected chi connectivity index (χ2v) is 10.2. The average molecular weight is 480 g/mol. The van der Waals surface area contributed by atoms with Crippen LogP contribution in [0, 0.1) is 5.82 Å². The number of nitrogens with zero attached hydrogens (tertiary/aromatic N) is 4. The number of aromatic nitrogens is 5. The van der Waals surface area contributed by atoms with Crippen LogP contribution in [0.1, 0.15) is 24.0 Å². The van der Waals surface area contributed by atoms with Crippen LogP contribution >= 0.6 is 0 Å². The maximum Gasteiger partial charge on any atom is 0.227 e. The van der Waals surface area contributed by atoms with Gasteiger partial charge in [-0.15, -0.1) is 0 Å². The highest BCUT2D eigenvalue weighted by molar-refractivity contribution is 7.92. The zero-order valence-corrected chi connectivity index (χ0v) is 18.9. The fraction of sp³-hybridized carbons (Fsp3) is 0.217. The summed E-state index contributed by atoms with van der Waals surface area (Å²) in [5, 5.41) is 16.4. The summed E-state index contributed by atoms with van der Waals surface area (Å²) in [6.45, 7) is 1.44. The molecule has 0 aliphatic carbocycles. The lowest BCUT2D eigenvalue weighted by molar-refractivity contribution is 0.496. The third-order valence-corrected chi connectivity index (χ3v) is 7.99. The first kappa shape index (κ1) is 22.1. The molecule has 1 saturated heterocycles. The average Bonchev–Trinajstić information content (AvgIpc) is 3.33. The molecule has 2 aromatic carbocycles. The molecule has 2 aromatic heterocycles. The van der Waals surface area contributed by atoms with Crippen molar-refractivity contribution >= 4 is 44.7 Å². The molecule has 0 radical (unpaired) electrons. The Bertz CT molecular complexity index is 1430. The van der Waals surface area contributed by atoms with Gasteiger partial charge in [-0.05, 0) is 56.3 Å². The lowest BCUT2D eigenvalue weighted by Gasteiger charge is -2.22. The van der Waals surface area contributed by atoms with E-state index in [2.05, 4.69) is 36.0 Å². The van der Waals surface area contributed by atoms with Gasteiger partial charge in [-0.1, -0.05) is 12.2 Å². The minimum Gasteiger partial charge on any atom is -0.324 e. The van der Waals surface area contributed by atoms with Crippen molar-refractivity contribution < 1.29 is 12.8 Å². The summed E-state index contributed by atoms with van der Waals surface area (Å²) < 4.78 is 39.4. The lowest BCUT2D eigenvalue weighted by Crippen LogP contribution is -2.35. The minimum atomic E-state index is -3.34. The van der Waals surface area contributed by atoms with Crippen molar-refractivity contribution in [1.29, 1.82) is 0 Å². The smallest absolute Gasteiger partial charge is 0.227 e. The zero-order valence-electron chi connectivity index (χ0n) is 18.1. The number of hydrogen-bond acceptors (Lipinski definition) is 8. The molecule has 3 N–H and O–H groups in total. The fourth-order valence-corrected chi connectivity index (χ4v) is 5.65. The maximum absolute atomic E-state index is 13.8. The Balaban J connectivity index is 1.26. The molecule has 174 valence electrons. The van der Waals surface area contributed by atoms with Gasteiger partial charge in [-0.25, -0.2) is 22.8 Å². The van der Waals surface area contributed by atoms with Gasteiger partial charge < -0.3 is 10.6 Å². The molecule has 0 unspecified atom stereocenters. The van der Waals surface area contributed by atoms with Gasteiger partial charge in [-0.2, -0.15) is 15.4 Å².